The van der Waals surface area contributed by atoms with Gasteiger partial charge >= 0.3 is 0 Å². The van der Waals surface area contributed by atoms with Gasteiger partial charge in [0.1, 0.15) is 12.1 Å². The molecule has 0 aromatic heterocycles. The van der Waals surface area contributed by atoms with Gasteiger partial charge in [0.15, 0.2) is 0 Å². The van der Waals surface area contributed by atoms with E-state index >= 15 is 0 Å². The fourth-order valence-corrected chi connectivity index (χ4v) is 1.15. The Morgan fingerprint density at radius 3 is 2.60 bits per heavy atom. The smallest absolute Gasteiger partial charge is 0.293 e. The molecule has 1 aliphatic carbocycles. The molecule has 60 valence electrons. The van der Waals surface area contributed by atoms with Gasteiger partial charge in [0.25, 0.3) is 5.92 Å². The van der Waals surface area contributed by atoms with Gasteiger partial charge in [-0.3, -0.25) is 0 Å². The Bertz CT molecular complexity index is 130. The first-order chi connectivity index (χ1) is 4.23. The molecule has 1 N–H and O–H groups in total. The number of nitrogens with one attached hydrogen (secondary N) is 1. The summed E-state index contributed by atoms with van der Waals surface area (Å²) >= 11 is 0. The Kier molecular flexibility index (Phi) is 1.87. The second-order valence-electron chi connectivity index (χ2n) is 2.40. The summed E-state index contributed by atoms with van der Waals surface area (Å²) in [6, 6.07) is -0.689. The van der Waals surface area contributed by atoms with Crippen molar-refractivity contribution in [1.82, 2.24) is 5.32 Å². The van der Waals surface area contributed by atoms with Gasteiger partial charge in [0.2, 0.25) is 0 Å². The van der Waals surface area contributed by atoms with E-state index in [2.05, 4.69) is 5.32 Å². The molecule has 1 aliphatic heterocycles. The first-order valence-corrected chi connectivity index (χ1v) is 2.96. The van der Waals surface area contributed by atoms with E-state index in [-0.39, 0.29) is 12.4 Å². The van der Waals surface area contributed by atoms with Crippen molar-refractivity contribution in [2.24, 2.45) is 0 Å². The molecule has 1 saturated heterocycles. The highest BCUT2D eigenvalue weighted by atomic mass is 35.5. The van der Waals surface area contributed by atoms with Crippen LogP contribution in [0.2, 0.25) is 0 Å². The van der Waals surface area contributed by atoms with E-state index in [9.17, 15) is 8.78 Å². The van der Waals surface area contributed by atoms with E-state index in [1.54, 1.807) is 0 Å². The summed E-state index contributed by atoms with van der Waals surface area (Å²) in [7, 11) is 0. The highest BCUT2D eigenvalue weighted by Crippen LogP contribution is 2.45. The molecular weight excluding hydrogens is 164 g/mol. The van der Waals surface area contributed by atoms with Crippen molar-refractivity contribution in [2.45, 2.75) is 18.1 Å². The lowest BCUT2D eigenvalue weighted by atomic mass is 10.5. The fraction of sp³-hybridized carbons (Fsp3) is 1.00. The summed E-state index contributed by atoms with van der Waals surface area (Å²) in [6.45, 7) is 0.966. The summed E-state index contributed by atoms with van der Waals surface area (Å²) in [5, 5.41) is 2.67. The lowest BCUT2D eigenvalue weighted by Gasteiger charge is -2.07. The molecule has 2 aliphatic rings. The molecular formula is C5H8ClF2NO. The van der Waals surface area contributed by atoms with Crippen LogP contribution in [0.4, 0.5) is 8.78 Å². The minimum atomic E-state index is -2.59. The summed E-state index contributed by atoms with van der Waals surface area (Å²) in [6.07, 6.45) is -0.828. The van der Waals surface area contributed by atoms with Crippen molar-refractivity contribution in [3.8, 4) is 0 Å². The van der Waals surface area contributed by atoms with E-state index in [1.165, 1.54) is 0 Å². The Balaban J connectivity index is 0.000000500. The fourth-order valence-electron chi connectivity index (χ4n) is 1.15. The number of morpholine rings is 1. The number of ether oxygens (including phenoxy) is 1. The third kappa shape index (κ3) is 0.909. The van der Waals surface area contributed by atoms with Crippen molar-refractivity contribution in [3.05, 3.63) is 0 Å². The molecule has 0 aromatic carbocycles. The Hall–Kier alpha value is 0.0700. The van der Waals surface area contributed by atoms with Crippen molar-refractivity contribution >= 4 is 12.4 Å². The highest BCUT2D eigenvalue weighted by Gasteiger charge is 2.70. The molecule has 5 heteroatoms. The maximum atomic E-state index is 12.3. The normalized spacial score (nSPS) is 41.4. The standard InChI is InChI=1S/C5H7F2NO.ClH/c6-5(7)3-4(5)9-2-1-8-3;/h3-4,8H,1-2H2;1H. The number of rotatable bonds is 0. The first kappa shape index (κ1) is 8.17. The second-order valence-corrected chi connectivity index (χ2v) is 2.40. The average Bonchev–Trinajstić information content (AvgIpc) is 2.39. The summed E-state index contributed by atoms with van der Waals surface area (Å²) in [5.41, 5.74) is 0. The monoisotopic (exact) mass is 171 g/mol. The highest BCUT2D eigenvalue weighted by molar-refractivity contribution is 5.85. The number of hydrogen-bond acceptors (Lipinski definition) is 2. The Labute approximate surface area is 63.3 Å². The van der Waals surface area contributed by atoms with Gasteiger partial charge in [-0.15, -0.1) is 12.4 Å². The predicted octanol–water partition coefficient (Wildman–Crippen LogP) is 0.414. The van der Waals surface area contributed by atoms with Crippen LogP contribution in [0.3, 0.4) is 0 Å². The molecule has 0 aromatic rings. The van der Waals surface area contributed by atoms with Crippen LogP contribution < -0.4 is 5.32 Å². The summed E-state index contributed by atoms with van der Waals surface area (Å²) in [5.74, 6) is -2.59. The molecule has 0 radical (unpaired) electrons. The summed E-state index contributed by atoms with van der Waals surface area (Å²) < 4.78 is 29.4. The molecule has 0 amide bonds. The van der Waals surface area contributed by atoms with Crippen LogP contribution in [0.15, 0.2) is 0 Å². The van der Waals surface area contributed by atoms with Gasteiger partial charge in [0, 0.05) is 6.54 Å². The van der Waals surface area contributed by atoms with Crippen molar-refractivity contribution in [1.29, 1.82) is 0 Å². The average molecular weight is 172 g/mol. The van der Waals surface area contributed by atoms with E-state index < -0.39 is 18.1 Å². The minimum absolute atomic E-state index is 0. The van der Waals surface area contributed by atoms with Crippen molar-refractivity contribution in [2.75, 3.05) is 13.2 Å². The van der Waals surface area contributed by atoms with Crippen LogP contribution in [-0.4, -0.2) is 31.2 Å². The van der Waals surface area contributed by atoms with E-state index in [4.69, 9.17) is 4.74 Å². The van der Waals surface area contributed by atoms with Gasteiger partial charge < -0.3 is 10.1 Å². The van der Waals surface area contributed by atoms with Gasteiger partial charge in [-0.05, 0) is 0 Å². The first-order valence-electron chi connectivity index (χ1n) is 2.96. The zero-order valence-electron chi connectivity index (χ0n) is 5.14. The SMILES string of the molecule is Cl.FC1(F)C2NCCOC21. The maximum Gasteiger partial charge on any atom is 0.293 e. The van der Waals surface area contributed by atoms with Gasteiger partial charge in [-0.25, -0.2) is 8.78 Å². The van der Waals surface area contributed by atoms with Gasteiger partial charge in [0.05, 0.1) is 6.61 Å². The summed E-state index contributed by atoms with van der Waals surface area (Å²) in [4.78, 5) is 0. The molecule has 0 bridgehead atoms. The molecule has 2 fully saturated rings. The van der Waals surface area contributed by atoms with E-state index in [0.717, 1.165) is 0 Å². The number of alkyl halides is 2. The van der Waals surface area contributed by atoms with Crippen LogP contribution in [0, 0.1) is 0 Å². The van der Waals surface area contributed by atoms with Crippen molar-refractivity contribution in [3.63, 3.8) is 0 Å². The van der Waals surface area contributed by atoms with E-state index in [1.807, 2.05) is 0 Å². The Morgan fingerprint density at radius 2 is 2.20 bits per heavy atom. The van der Waals surface area contributed by atoms with Crippen LogP contribution in [0.5, 0.6) is 0 Å². The maximum absolute atomic E-state index is 12.3. The molecule has 2 nitrogen and oxygen atoms in total. The lowest BCUT2D eigenvalue weighted by Crippen LogP contribution is -2.31. The van der Waals surface area contributed by atoms with Gasteiger partial charge in [-0.2, -0.15) is 0 Å². The molecule has 10 heavy (non-hydrogen) atoms. The zero-order valence-corrected chi connectivity index (χ0v) is 5.96. The molecule has 1 saturated carbocycles. The Morgan fingerprint density at radius 1 is 1.50 bits per heavy atom. The third-order valence-electron chi connectivity index (χ3n) is 1.75. The number of fused-ring (bicyclic) bond motifs is 1. The lowest BCUT2D eigenvalue weighted by molar-refractivity contribution is 0.0175. The second kappa shape index (κ2) is 2.29. The molecule has 2 rings (SSSR count). The van der Waals surface area contributed by atoms with Crippen LogP contribution in [0.1, 0.15) is 0 Å². The number of hydrogen-bond donors (Lipinski definition) is 1. The molecule has 0 spiro atoms. The predicted molar refractivity (Wildman–Crippen MR) is 33.7 cm³/mol. The van der Waals surface area contributed by atoms with Gasteiger partial charge in [-0.1, -0.05) is 0 Å². The van der Waals surface area contributed by atoms with Crippen LogP contribution >= 0.6 is 12.4 Å². The topological polar surface area (TPSA) is 21.3 Å². The van der Waals surface area contributed by atoms with Crippen molar-refractivity contribution < 1.29 is 13.5 Å². The molecule has 2 atom stereocenters. The minimum Gasteiger partial charge on any atom is -0.369 e. The van der Waals surface area contributed by atoms with E-state index in [0.29, 0.717) is 13.2 Å². The molecule has 2 unspecified atom stereocenters. The quantitative estimate of drug-likeness (QED) is 0.570. The van der Waals surface area contributed by atoms with Crippen LogP contribution in [-0.2, 0) is 4.74 Å². The largest absolute Gasteiger partial charge is 0.369 e. The molecule has 1 heterocycles. The van der Waals surface area contributed by atoms with Crippen LogP contribution in [0.25, 0.3) is 0 Å². The third-order valence-corrected chi connectivity index (χ3v) is 1.75. The number of halogens is 3. The zero-order chi connectivity index (χ0) is 6.48.